The third kappa shape index (κ3) is 5.38. The molecule has 1 atom stereocenters. The van der Waals surface area contributed by atoms with Crippen molar-refractivity contribution in [1.82, 2.24) is 5.32 Å². The van der Waals surface area contributed by atoms with Crippen molar-refractivity contribution in [2.75, 3.05) is 25.0 Å². The molecule has 4 nitrogen and oxygen atoms in total. The van der Waals surface area contributed by atoms with Crippen molar-refractivity contribution in [1.29, 1.82) is 0 Å². The molecule has 21 heavy (non-hydrogen) atoms. The van der Waals surface area contributed by atoms with E-state index in [4.69, 9.17) is 4.74 Å². The molecule has 0 aromatic heterocycles. The molecule has 1 aromatic rings. The number of hydrogen-bond acceptors (Lipinski definition) is 3. The lowest BCUT2D eigenvalue weighted by atomic mass is 9.96. The molecular weight excluding hydrogens is 264 g/mol. The van der Waals surface area contributed by atoms with Crippen LogP contribution in [0.4, 0.5) is 5.69 Å². The van der Waals surface area contributed by atoms with Crippen LogP contribution >= 0.6 is 0 Å². The Labute approximate surface area is 127 Å². The summed E-state index contributed by atoms with van der Waals surface area (Å²) in [4.78, 5) is 12.2. The van der Waals surface area contributed by atoms with Gasteiger partial charge < -0.3 is 15.4 Å². The van der Waals surface area contributed by atoms with Crippen molar-refractivity contribution < 1.29 is 9.53 Å². The molecule has 116 valence electrons. The fourth-order valence-electron chi connectivity index (χ4n) is 2.51. The Hall–Kier alpha value is -1.55. The van der Waals surface area contributed by atoms with Gasteiger partial charge >= 0.3 is 0 Å². The molecule has 0 radical (unpaired) electrons. The van der Waals surface area contributed by atoms with E-state index in [1.807, 2.05) is 24.3 Å². The molecule has 0 bridgehead atoms. The number of benzene rings is 1. The predicted molar refractivity (Wildman–Crippen MR) is 85.6 cm³/mol. The molecule has 2 N–H and O–H groups in total. The van der Waals surface area contributed by atoms with Crippen LogP contribution in [0, 0.1) is 11.8 Å². The molecule has 4 heteroatoms. The van der Waals surface area contributed by atoms with Gasteiger partial charge in [-0.3, -0.25) is 4.79 Å². The predicted octanol–water partition coefficient (Wildman–Crippen LogP) is 3.05. The second-order valence-electron chi connectivity index (χ2n) is 6.17. The molecule has 1 fully saturated rings. The smallest absolute Gasteiger partial charge is 0.224 e. The molecule has 0 spiro atoms. The van der Waals surface area contributed by atoms with E-state index in [0.29, 0.717) is 24.9 Å². The summed E-state index contributed by atoms with van der Waals surface area (Å²) in [6, 6.07) is 7.64. The molecule has 1 heterocycles. The van der Waals surface area contributed by atoms with Crippen LogP contribution in [0.1, 0.15) is 33.1 Å². The highest BCUT2D eigenvalue weighted by Gasteiger charge is 2.17. The number of amides is 1. The van der Waals surface area contributed by atoms with Gasteiger partial charge in [0.05, 0.1) is 12.3 Å². The number of para-hydroxylation sites is 2. The summed E-state index contributed by atoms with van der Waals surface area (Å²) in [5.74, 6) is 1.73. The Morgan fingerprint density at radius 1 is 1.43 bits per heavy atom. The molecule has 1 aliphatic rings. The van der Waals surface area contributed by atoms with Crippen molar-refractivity contribution in [2.24, 2.45) is 11.8 Å². The number of hydrogen-bond donors (Lipinski definition) is 2. The van der Waals surface area contributed by atoms with Gasteiger partial charge in [0, 0.05) is 6.42 Å². The van der Waals surface area contributed by atoms with E-state index >= 15 is 0 Å². The van der Waals surface area contributed by atoms with Gasteiger partial charge in [0.15, 0.2) is 0 Å². The molecule has 2 rings (SSSR count). The summed E-state index contributed by atoms with van der Waals surface area (Å²) in [5, 5.41) is 6.33. The summed E-state index contributed by atoms with van der Waals surface area (Å²) >= 11 is 0. The van der Waals surface area contributed by atoms with E-state index in [1.54, 1.807) is 0 Å². The van der Waals surface area contributed by atoms with Crippen molar-refractivity contribution in [3.8, 4) is 5.75 Å². The van der Waals surface area contributed by atoms with Crippen molar-refractivity contribution >= 4 is 11.6 Å². The first-order chi connectivity index (χ1) is 10.1. The lowest BCUT2D eigenvalue weighted by Gasteiger charge is -2.22. The van der Waals surface area contributed by atoms with E-state index in [-0.39, 0.29) is 5.91 Å². The standard InChI is InChI=1S/C17H26N2O2/c1-13(2)12-21-16-8-4-3-7-15(16)19-17(20)10-14-6-5-9-18-11-14/h3-4,7-8,13-14,18H,5-6,9-12H2,1-2H3,(H,19,20). The van der Waals surface area contributed by atoms with Crippen molar-refractivity contribution in [2.45, 2.75) is 33.1 Å². The lowest BCUT2D eigenvalue weighted by molar-refractivity contribution is -0.117. The molecule has 1 aliphatic heterocycles. The zero-order chi connectivity index (χ0) is 15.1. The second-order valence-corrected chi connectivity index (χ2v) is 6.17. The lowest BCUT2D eigenvalue weighted by Crippen LogP contribution is -2.32. The SMILES string of the molecule is CC(C)COc1ccccc1NC(=O)CC1CCCNC1. The normalized spacial score (nSPS) is 18.5. The zero-order valence-corrected chi connectivity index (χ0v) is 13.0. The quantitative estimate of drug-likeness (QED) is 0.846. The van der Waals surface area contributed by atoms with Gasteiger partial charge in [0.25, 0.3) is 0 Å². The van der Waals surface area contributed by atoms with E-state index < -0.39 is 0 Å². The number of nitrogens with one attached hydrogen (secondary N) is 2. The molecule has 1 aromatic carbocycles. The number of ether oxygens (including phenoxy) is 1. The van der Waals surface area contributed by atoms with Gasteiger partial charge in [0.2, 0.25) is 5.91 Å². The Balaban J connectivity index is 1.90. The molecule has 0 aliphatic carbocycles. The zero-order valence-electron chi connectivity index (χ0n) is 13.0. The van der Waals surface area contributed by atoms with Crippen LogP contribution in [-0.4, -0.2) is 25.6 Å². The van der Waals surface area contributed by atoms with Crippen LogP contribution in [0.3, 0.4) is 0 Å². The molecule has 1 amide bonds. The monoisotopic (exact) mass is 290 g/mol. The average Bonchev–Trinajstić information content (AvgIpc) is 2.47. The first-order valence-electron chi connectivity index (χ1n) is 7.87. The molecular formula is C17H26N2O2. The van der Waals surface area contributed by atoms with Crippen LogP contribution < -0.4 is 15.4 Å². The van der Waals surface area contributed by atoms with E-state index in [1.165, 1.54) is 0 Å². The summed E-state index contributed by atoms with van der Waals surface area (Å²) in [5.41, 5.74) is 0.770. The van der Waals surface area contributed by atoms with Crippen LogP contribution in [0.15, 0.2) is 24.3 Å². The molecule has 1 saturated heterocycles. The second kappa shape index (κ2) is 8.03. The number of rotatable bonds is 6. The van der Waals surface area contributed by atoms with Crippen LogP contribution in [-0.2, 0) is 4.79 Å². The highest BCUT2D eigenvalue weighted by atomic mass is 16.5. The van der Waals surface area contributed by atoms with Gasteiger partial charge in [-0.2, -0.15) is 0 Å². The number of piperidine rings is 1. The van der Waals surface area contributed by atoms with Gasteiger partial charge in [-0.1, -0.05) is 26.0 Å². The fourth-order valence-corrected chi connectivity index (χ4v) is 2.51. The maximum absolute atomic E-state index is 12.2. The van der Waals surface area contributed by atoms with Gasteiger partial charge in [-0.25, -0.2) is 0 Å². The average molecular weight is 290 g/mol. The Bertz CT molecular complexity index is 454. The Kier molecular flexibility index (Phi) is 6.05. The fraction of sp³-hybridized carbons (Fsp3) is 0.588. The highest BCUT2D eigenvalue weighted by Crippen LogP contribution is 2.25. The van der Waals surface area contributed by atoms with E-state index in [0.717, 1.165) is 37.4 Å². The highest BCUT2D eigenvalue weighted by molar-refractivity contribution is 5.92. The number of carbonyl (C=O) groups excluding carboxylic acids is 1. The summed E-state index contributed by atoms with van der Waals surface area (Å²) in [6.07, 6.45) is 2.86. The van der Waals surface area contributed by atoms with E-state index in [9.17, 15) is 4.79 Å². The number of carbonyl (C=O) groups is 1. The summed E-state index contributed by atoms with van der Waals surface area (Å²) < 4.78 is 5.76. The first-order valence-corrected chi connectivity index (χ1v) is 7.87. The minimum Gasteiger partial charge on any atom is -0.491 e. The maximum atomic E-state index is 12.2. The Morgan fingerprint density at radius 3 is 2.95 bits per heavy atom. The topological polar surface area (TPSA) is 50.4 Å². The minimum absolute atomic E-state index is 0.0734. The summed E-state index contributed by atoms with van der Waals surface area (Å²) in [6.45, 7) is 6.89. The van der Waals surface area contributed by atoms with Crippen LogP contribution in [0.2, 0.25) is 0 Å². The Morgan fingerprint density at radius 2 is 2.24 bits per heavy atom. The molecule has 1 unspecified atom stereocenters. The van der Waals surface area contributed by atoms with Gasteiger partial charge in [0.1, 0.15) is 5.75 Å². The summed E-state index contributed by atoms with van der Waals surface area (Å²) in [7, 11) is 0. The van der Waals surface area contributed by atoms with Crippen molar-refractivity contribution in [3.05, 3.63) is 24.3 Å². The maximum Gasteiger partial charge on any atom is 0.224 e. The van der Waals surface area contributed by atoms with Crippen LogP contribution in [0.5, 0.6) is 5.75 Å². The largest absolute Gasteiger partial charge is 0.491 e. The third-order valence-corrected chi connectivity index (χ3v) is 3.61. The first kappa shape index (κ1) is 15.8. The number of anilines is 1. The van der Waals surface area contributed by atoms with Gasteiger partial charge in [-0.05, 0) is 49.9 Å². The van der Waals surface area contributed by atoms with E-state index in [2.05, 4.69) is 24.5 Å². The van der Waals surface area contributed by atoms with Crippen LogP contribution in [0.25, 0.3) is 0 Å². The van der Waals surface area contributed by atoms with Crippen molar-refractivity contribution in [3.63, 3.8) is 0 Å². The third-order valence-electron chi connectivity index (χ3n) is 3.61. The molecule has 0 saturated carbocycles. The minimum atomic E-state index is 0.0734. The van der Waals surface area contributed by atoms with Gasteiger partial charge in [-0.15, -0.1) is 0 Å².